The fourth-order valence-electron chi connectivity index (χ4n) is 1.22. The normalized spacial score (nSPS) is 10.7. The first-order valence-electron chi connectivity index (χ1n) is 4.65. The highest BCUT2D eigenvalue weighted by molar-refractivity contribution is 5.95. The topological polar surface area (TPSA) is 89.3 Å². The molecule has 0 atom stereocenters. The van der Waals surface area contributed by atoms with Crippen LogP contribution in [0.3, 0.4) is 0 Å². The van der Waals surface area contributed by atoms with Gasteiger partial charge in [-0.15, -0.1) is 0 Å². The van der Waals surface area contributed by atoms with Crippen LogP contribution >= 0.6 is 0 Å². The van der Waals surface area contributed by atoms with Crippen LogP contribution in [0.2, 0.25) is 0 Å². The van der Waals surface area contributed by atoms with E-state index in [9.17, 15) is 4.79 Å². The number of carboxylic acids is 1. The Labute approximate surface area is 88.2 Å². The van der Waals surface area contributed by atoms with Crippen molar-refractivity contribution < 1.29 is 9.90 Å². The first-order valence-corrected chi connectivity index (χ1v) is 4.65. The molecule has 5 N–H and O–H groups in total. The molecule has 0 saturated heterocycles. The van der Waals surface area contributed by atoms with Crippen molar-refractivity contribution >= 4 is 17.7 Å². The van der Waals surface area contributed by atoms with Crippen LogP contribution in [0.4, 0.5) is 5.69 Å². The summed E-state index contributed by atoms with van der Waals surface area (Å²) in [5.74, 6) is -1.01. The molecule has 1 rings (SSSR count). The van der Waals surface area contributed by atoms with Crippen LogP contribution in [0.25, 0.3) is 6.08 Å². The summed E-state index contributed by atoms with van der Waals surface area (Å²) in [4.78, 5) is 10.8. The van der Waals surface area contributed by atoms with Crippen molar-refractivity contribution in [2.45, 2.75) is 6.42 Å². The molecule has 0 unspecified atom stereocenters. The number of aromatic carboxylic acids is 1. The Bertz CT molecular complexity index is 386. The standard InChI is InChI=1S/C11H14N2O2/c12-7-2-1-4-8-5-3-6-9(10(8)13)11(14)15/h1,3-6H,2,7,12-13H2,(H,14,15). The Hall–Kier alpha value is -1.81. The van der Waals surface area contributed by atoms with Crippen molar-refractivity contribution in [3.05, 3.63) is 35.4 Å². The third kappa shape index (κ3) is 2.82. The molecule has 0 aliphatic carbocycles. The minimum absolute atomic E-state index is 0.130. The average Bonchev–Trinajstić information content (AvgIpc) is 2.20. The summed E-state index contributed by atoms with van der Waals surface area (Å²) >= 11 is 0. The first-order chi connectivity index (χ1) is 7.16. The van der Waals surface area contributed by atoms with Gasteiger partial charge in [0.15, 0.2) is 0 Å². The van der Waals surface area contributed by atoms with Gasteiger partial charge in [-0.25, -0.2) is 4.79 Å². The molecule has 0 bridgehead atoms. The van der Waals surface area contributed by atoms with Crippen LogP contribution in [0.1, 0.15) is 22.3 Å². The lowest BCUT2D eigenvalue weighted by Crippen LogP contribution is -2.03. The van der Waals surface area contributed by atoms with Crippen molar-refractivity contribution in [3.8, 4) is 0 Å². The molecule has 1 aromatic carbocycles. The Morgan fingerprint density at radius 2 is 2.20 bits per heavy atom. The fourth-order valence-corrected chi connectivity index (χ4v) is 1.22. The largest absolute Gasteiger partial charge is 0.478 e. The van der Waals surface area contributed by atoms with Gasteiger partial charge < -0.3 is 16.6 Å². The molecule has 0 saturated carbocycles. The number of benzene rings is 1. The molecule has 0 amide bonds. The summed E-state index contributed by atoms with van der Waals surface area (Å²) < 4.78 is 0. The molecule has 0 aliphatic heterocycles. The molecule has 15 heavy (non-hydrogen) atoms. The Morgan fingerprint density at radius 1 is 1.47 bits per heavy atom. The smallest absolute Gasteiger partial charge is 0.337 e. The zero-order valence-electron chi connectivity index (χ0n) is 8.31. The van der Waals surface area contributed by atoms with Crippen molar-refractivity contribution in [2.75, 3.05) is 12.3 Å². The van der Waals surface area contributed by atoms with E-state index in [-0.39, 0.29) is 5.56 Å². The number of rotatable bonds is 4. The van der Waals surface area contributed by atoms with E-state index in [1.54, 1.807) is 18.2 Å². The van der Waals surface area contributed by atoms with Gasteiger partial charge in [0.05, 0.1) is 11.3 Å². The van der Waals surface area contributed by atoms with Gasteiger partial charge in [-0.2, -0.15) is 0 Å². The summed E-state index contributed by atoms with van der Waals surface area (Å²) in [5, 5.41) is 8.84. The number of nitrogen functional groups attached to an aromatic ring is 1. The van der Waals surface area contributed by atoms with Crippen LogP contribution in [-0.2, 0) is 0 Å². The van der Waals surface area contributed by atoms with E-state index in [1.165, 1.54) is 6.07 Å². The van der Waals surface area contributed by atoms with E-state index >= 15 is 0 Å². The maximum absolute atomic E-state index is 10.8. The highest BCUT2D eigenvalue weighted by Crippen LogP contribution is 2.18. The van der Waals surface area contributed by atoms with Gasteiger partial charge in [0.1, 0.15) is 0 Å². The lowest BCUT2D eigenvalue weighted by molar-refractivity contribution is 0.0698. The lowest BCUT2D eigenvalue weighted by Gasteiger charge is -2.03. The quantitative estimate of drug-likeness (QED) is 0.648. The van der Waals surface area contributed by atoms with Crippen LogP contribution in [0, 0.1) is 0 Å². The van der Waals surface area contributed by atoms with Crippen LogP contribution in [0.5, 0.6) is 0 Å². The Kier molecular flexibility index (Phi) is 3.88. The molecule has 0 spiro atoms. The molecule has 1 aromatic rings. The van der Waals surface area contributed by atoms with E-state index in [1.807, 2.05) is 6.08 Å². The van der Waals surface area contributed by atoms with Gasteiger partial charge in [0.2, 0.25) is 0 Å². The fraction of sp³-hybridized carbons (Fsp3) is 0.182. The zero-order valence-corrected chi connectivity index (χ0v) is 8.31. The van der Waals surface area contributed by atoms with Crippen molar-refractivity contribution in [3.63, 3.8) is 0 Å². The van der Waals surface area contributed by atoms with Crippen molar-refractivity contribution in [1.29, 1.82) is 0 Å². The summed E-state index contributed by atoms with van der Waals surface area (Å²) in [7, 11) is 0. The molecule has 0 heterocycles. The number of anilines is 1. The summed E-state index contributed by atoms with van der Waals surface area (Å²) in [6.07, 6.45) is 4.41. The summed E-state index contributed by atoms with van der Waals surface area (Å²) in [6, 6.07) is 4.93. The Morgan fingerprint density at radius 3 is 2.80 bits per heavy atom. The number of nitrogens with two attached hydrogens (primary N) is 2. The Balaban J connectivity index is 2.99. The van der Waals surface area contributed by atoms with Gasteiger partial charge in [0, 0.05) is 0 Å². The molecular formula is C11H14N2O2. The summed E-state index contributed by atoms with van der Waals surface area (Å²) in [6.45, 7) is 0.565. The number of hydrogen-bond donors (Lipinski definition) is 3. The van der Waals surface area contributed by atoms with Gasteiger partial charge >= 0.3 is 5.97 Å². The maximum Gasteiger partial charge on any atom is 0.337 e. The minimum Gasteiger partial charge on any atom is -0.478 e. The predicted octanol–water partition coefficient (Wildman–Crippen LogP) is 1.33. The number of carbonyl (C=O) groups is 1. The van der Waals surface area contributed by atoms with E-state index < -0.39 is 5.97 Å². The molecule has 0 aliphatic rings. The third-order valence-corrected chi connectivity index (χ3v) is 2.00. The molecule has 80 valence electrons. The highest BCUT2D eigenvalue weighted by atomic mass is 16.4. The SMILES string of the molecule is NCCC=Cc1cccc(C(=O)O)c1N. The number of hydrogen-bond acceptors (Lipinski definition) is 3. The van der Waals surface area contributed by atoms with Crippen molar-refractivity contribution in [2.24, 2.45) is 5.73 Å². The maximum atomic E-state index is 10.8. The molecule has 0 aromatic heterocycles. The van der Waals surface area contributed by atoms with Crippen LogP contribution < -0.4 is 11.5 Å². The molecule has 4 nitrogen and oxygen atoms in total. The van der Waals surface area contributed by atoms with Crippen LogP contribution in [-0.4, -0.2) is 17.6 Å². The van der Waals surface area contributed by atoms with E-state index in [0.717, 1.165) is 6.42 Å². The zero-order chi connectivity index (χ0) is 11.3. The van der Waals surface area contributed by atoms with E-state index in [4.69, 9.17) is 16.6 Å². The second-order valence-electron chi connectivity index (χ2n) is 3.09. The molecule has 4 heteroatoms. The first kappa shape index (κ1) is 11.3. The van der Waals surface area contributed by atoms with Crippen LogP contribution in [0.15, 0.2) is 24.3 Å². The summed E-state index contributed by atoms with van der Waals surface area (Å²) in [5.41, 5.74) is 12.2. The van der Waals surface area contributed by atoms with Gasteiger partial charge in [-0.1, -0.05) is 24.3 Å². The van der Waals surface area contributed by atoms with Gasteiger partial charge in [-0.3, -0.25) is 0 Å². The van der Waals surface area contributed by atoms with Crippen molar-refractivity contribution in [1.82, 2.24) is 0 Å². The number of carboxylic acid groups (broad SMARTS) is 1. The lowest BCUT2D eigenvalue weighted by atomic mass is 10.1. The average molecular weight is 206 g/mol. The van der Waals surface area contributed by atoms with E-state index in [2.05, 4.69) is 0 Å². The molecule has 0 fully saturated rings. The molecular weight excluding hydrogens is 192 g/mol. The third-order valence-electron chi connectivity index (χ3n) is 2.00. The second-order valence-corrected chi connectivity index (χ2v) is 3.09. The van der Waals surface area contributed by atoms with Gasteiger partial charge in [0.25, 0.3) is 0 Å². The minimum atomic E-state index is -1.01. The van der Waals surface area contributed by atoms with E-state index in [0.29, 0.717) is 17.8 Å². The highest BCUT2D eigenvalue weighted by Gasteiger charge is 2.08. The molecule has 0 radical (unpaired) electrons. The predicted molar refractivity (Wildman–Crippen MR) is 60.5 cm³/mol. The second kappa shape index (κ2) is 5.17. The van der Waals surface area contributed by atoms with Gasteiger partial charge in [-0.05, 0) is 24.6 Å². The monoisotopic (exact) mass is 206 g/mol. The number of para-hydroxylation sites is 1.